The van der Waals surface area contributed by atoms with E-state index >= 15 is 0 Å². The lowest BCUT2D eigenvalue weighted by molar-refractivity contribution is -0.286. The molecule has 18 heavy (non-hydrogen) atoms. The molecule has 0 fully saturated rings. The Morgan fingerprint density at radius 2 is 1.94 bits per heavy atom. The van der Waals surface area contributed by atoms with Gasteiger partial charge in [0.2, 0.25) is 0 Å². The van der Waals surface area contributed by atoms with Crippen LogP contribution in [0.25, 0.3) is 0 Å². The van der Waals surface area contributed by atoms with Gasteiger partial charge in [-0.15, -0.1) is 21.2 Å². The lowest BCUT2D eigenvalue weighted by Crippen LogP contribution is -2.25. The van der Waals surface area contributed by atoms with Crippen molar-refractivity contribution < 1.29 is 23.4 Å². The summed E-state index contributed by atoms with van der Waals surface area (Å²) < 4.78 is 34.1. The van der Waals surface area contributed by atoms with E-state index in [-0.39, 0.29) is 36.6 Å². The Labute approximate surface area is 109 Å². The van der Waals surface area contributed by atoms with Gasteiger partial charge in [-0.25, -0.2) is 0 Å². The van der Waals surface area contributed by atoms with Crippen LogP contribution in [0.1, 0.15) is 24.4 Å². The number of hydrogen-bond donors (Lipinski definition) is 2. The number of hydrogen-bond acceptors (Lipinski definition) is 4. The Bertz CT molecular complexity index is 417. The third-order valence-electron chi connectivity index (χ3n) is 2.53. The van der Waals surface area contributed by atoms with Crippen LogP contribution in [-0.2, 0) is 0 Å². The van der Waals surface area contributed by atoms with Crippen LogP contribution >= 0.6 is 12.4 Å². The van der Waals surface area contributed by atoms with E-state index in [9.17, 15) is 8.78 Å². The molecule has 1 aliphatic rings. The van der Waals surface area contributed by atoms with Crippen molar-refractivity contribution in [2.75, 3.05) is 6.61 Å². The van der Waals surface area contributed by atoms with Crippen molar-refractivity contribution in [1.29, 1.82) is 0 Å². The van der Waals surface area contributed by atoms with Crippen molar-refractivity contribution in [3.05, 3.63) is 23.8 Å². The summed E-state index contributed by atoms with van der Waals surface area (Å²) in [6.07, 6.45) is -2.46. The zero-order chi connectivity index (χ0) is 12.5. The molecule has 4 nitrogen and oxygen atoms in total. The third kappa shape index (κ3) is 3.22. The minimum absolute atomic E-state index is 0. The van der Waals surface area contributed by atoms with Gasteiger partial charge >= 0.3 is 6.29 Å². The van der Waals surface area contributed by atoms with Crippen LogP contribution in [-0.4, -0.2) is 18.0 Å². The minimum atomic E-state index is -3.60. The summed E-state index contributed by atoms with van der Waals surface area (Å²) in [5.41, 5.74) is 6.53. The average molecular weight is 282 g/mol. The molecule has 0 aromatic heterocycles. The number of aliphatic hydroxyl groups is 1. The lowest BCUT2D eigenvalue weighted by Gasteiger charge is -2.11. The standard InChI is InChI=1S/C11H13F2NO3.ClH/c12-11(13)16-9-4-3-7(6-10(9)17-11)8(14)2-1-5-15;/h3-4,6,8,15H,1-2,5,14H2;1H/t8-;/m0./s1. The van der Waals surface area contributed by atoms with Gasteiger partial charge in [-0.1, -0.05) is 6.07 Å². The fraction of sp³-hybridized carbons (Fsp3) is 0.455. The van der Waals surface area contributed by atoms with Gasteiger partial charge in [-0.05, 0) is 30.5 Å². The Balaban J connectivity index is 0.00000162. The SMILES string of the molecule is Cl.N[C@@H](CCCO)c1ccc2c(c1)OC(F)(F)O2. The molecule has 0 saturated carbocycles. The zero-order valence-corrected chi connectivity index (χ0v) is 10.3. The van der Waals surface area contributed by atoms with Crippen LogP contribution in [0, 0.1) is 0 Å². The summed E-state index contributed by atoms with van der Waals surface area (Å²) in [5.74, 6) is 0.0000525. The second kappa shape index (κ2) is 5.69. The van der Waals surface area contributed by atoms with E-state index in [1.807, 2.05) is 0 Å². The number of benzene rings is 1. The summed E-state index contributed by atoms with van der Waals surface area (Å²) >= 11 is 0. The van der Waals surface area contributed by atoms with Crippen molar-refractivity contribution in [3.63, 3.8) is 0 Å². The Morgan fingerprint density at radius 3 is 2.61 bits per heavy atom. The van der Waals surface area contributed by atoms with Crippen LogP contribution in [0.15, 0.2) is 18.2 Å². The Kier molecular flexibility index (Phi) is 4.72. The molecule has 1 aromatic carbocycles. The topological polar surface area (TPSA) is 64.7 Å². The molecule has 0 bridgehead atoms. The Hall–Kier alpha value is -1.11. The Morgan fingerprint density at radius 1 is 1.28 bits per heavy atom. The zero-order valence-electron chi connectivity index (χ0n) is 9.44. The minimum Gasteiger partial charge on any atom is -0.396 e. The van der Waals surface area contributed by atoms with E-state index in [4.69, 9.17) is 10.8 Å². The van der Waals surface area contributed by atoms with E-state index in [1.54, 1.807) is 6.07 Å². The molecule has 0 radical (unpaired) electrons. The van der Waals surface area contributed by atoms with Crippen molar-refractivity contribution in [1.82, 2.24) is 0 Å². The fourth-order valence-electron chi connectivity index (χ4n) is 1.67. The smallest absolute Gasteiger partial charge is 0.396 e. The molecule has 0 amide bonds. The van der Waals surface area contributed by atoms with Gasteiger partial charge in [0, 0.05) is 12.6 Å². The first-order valence-electron chi connectivity index (χ1n) is 5.28. The summed E-state index contributed by atoms with van der Waals surface area (Å²) in [6, 6.07) is 4.15. The average Bonchev–Trinajstić information content (AvgIpc) is 2.58. The van der Waals surface area contributed by atoms with E-state index < -0.39 is 6.29 Å². The fourth-order valence-corrected chi connectivity index (χ4v) is 1.67. The molecule has 0 spiro atoms. The first kappa shape index (κ1) is 14.9. The molecule has 0 unspecified atom stereocenters. The predicted octanol–water partition coefficient (Wildman–Crippen LogP) is 2.20. The quantitative estimate of drug-likeness (QED) is 0.888. The first-order valence-corrected chi connectivity index (χ1v) is 5.28. The molecular weight excluding hydrogens is 268 g/mol. The van der Waals surface area contributed by atoms with Gasteiger partial charge in [0.25, 0.3) is 0 Å². The molecule has 0 saturated heterocycles. The van der Waals surface area contributed by atoms with E-state index in [0.717, 1.165) is 0 Å². The highest BCUT2D eigenvalue weighted by Crippen LogP contribution is 2.42. The maximum Gasteiger partial charge on any atom is 0.586 e. The highest BCUT2D eigenvalue weighted by molar-refractivity contribution is 5.85. The highest BCUT2D eigenvalue weighted by atomic mass is 35.5. The number of halogens is 3. The van der Waals surface area contributed by atoms with Crippen molar-refractivity contribution in [2.45, 2.75) is 25.2 Å². The highest BCUT2D eigenvalue weighted by Gasteiger charge is 2.43. The van der Waals surface area contributed by atoms with Gasteiger partial charge in [0.15, 0.2) is 11.5 Å². The molecule has 3 N–H and O–H groups in total. The molecule has 2 rings (SSSR count). The number of alkyl halides is 2. The number of aliphatic hydroxyl groups excluding tert-OH is 1. The first-order chi connectivity index (χ1) is 8.02. The van der Waals surface area contributed by atoms with E-state index in [0.29, 0.717) is 18.4 Å². The van der Waals surface area contributed by atoms with Crippen molar-refractivity contribution >= 4 is 12.4 Å². The summed E-state index contributed by atoms with van der Waals surface area (Å²) in [5, 5.41) is 8.69. The number of nitrogens with two attached hydrogens (primary N) is 1. The van der Waals surface area contributed by atoms with Gasteiger partial charge in [0.1, 0.15) is 0 Å². The number of ether oxygens (including phenoxy) is 2. The molecule has 1 heterocycles. The third-order valence-corrected chi connectivity index (χ3v) is 2.53. The van der Waals surface area contributed by atoms with Gasteiger partial charge in [-0.2, -0.15) is 0 Å². The molecule has 1 aliphatic heterocycles. The van der Waals surface area contributed by atoms with Crippen LogP contribution in [0.4, 0.5) is 8.78 Å². The van der Waals surface area contributed by atoms with Crippen molar-refractivity contribution in [2.24, 2.45) is 5.73 Å². The predicted molar refractivity (Wildman–Crippen MR) is 63.1 cm³/mol. The molecular formula is C11H14ClF2NO3. The maximum absolute atomic E-state index is 12.8. The summed E-state index contributed by atoms with van der Waals surface area (Å²) in [4.78, 5) is 0. The molecule has 102 valence electrons. The second-order valence-corrected chi connectivity index (χ2v) is 3.85. The molecule has 0 aliphatic carbocycles. The monoisotopic (exact) mass is 281 g/mol. The summed E-state index contributed by atoms with van der Waals surface area (Å²) in [6.45, 7) is 0.0519. The van der Waals surface area contributed by atoms with Crippen LogP contribution < -0.4 is 15.2 Å². The normalized spacial score (nSPS) is 17.1. The van der Waals surface area contributed by atoms with Crippen LogP contribution in [0.5, 0.6) is 11.5 Å². The van der Waals surface area contributed by atoms with Gasteiger partial charge in [0.05, 0.1) is 0 Å². The van der Waals surface area contributed by atoms with Crippen molar-refractivity contribution in [3.8, 4) is 11.5 Å². The van der Waals surface area contributed by atoms with E-state index in [1.165, 1.54) is 12.1 Å². The lowest BCUT2D eigenvalue weighted by atomic mass is 10.0. The second-order valence-electron chi connectivity index (χ2n) is 3.85. The maximum atomic E-state index is 12.8. The number of rotatable bonds is 4. The van der Waals surface area contributed by atoms with E-state index in [2.05, 4.69) is 9.47 Å². The van der Waals surface area contributed by atoms with Gasteiger partial charge < -0.3 is 20.3 Å². The van der Waals surface area contributed by atoms with Gasteiger partial charge in [-0.3, -0.25) is 0 Å². The number of fused-ring (bicyclic) bond motifs is 1. The largest absolute Gasteiger partial charge is 0.586 e. The summed E-state index contributed by atoms with van der Waals surface area (Å²) in [7, 11) is 0. The molecule has 7 heteroatoms. The van der Waals surface area contributed by atoms with Crippen LogP contribution in [0.3, 0.4) is 0 Å². The van der Waals surface area contributed by atoms with Crippen LogP contribution in [0.2, 0.25) is 0 Å². The molecule has 1 aromatic rings. The molecule has 1 atom stereocenters.